The maximum Gasteiger partial charge on any atom is 0.145 e. The number of likely N-dealkylation sites (N-methyl/N-ethyl adjacent to an activating group) is 1. The molecule has 1 aromatic heterocycles. The minimum absolute atomic E-state index is 0.0441. The molecule has 2 aromatic carbocycles. The molecule has 2 aliphatic heterocycles. The quantitative estimate of drug-likeness (QED) is 0.622. The number of aromatic nitrogens is 2. The Hall–Kier alpha value is -3.39. The predicted molar refractivity (Wildman–Crippen MR) is 117 cm³/mol. The van der Waals surface area contributed by atoms with Gasteiger partial charge in [-0.15, -0.1) is 0 Å². The maximum atomic E-state index is 13.6. The van der Waals surface area contributed by atoms with Gasteiger partial charge < -0.3 is 24.8 Å². The summed E-state index contributed by atoms with van der Waals surface area (Å²) >= 11 is 0. The van der Waals surface area contributed by atoms with E-state index in [4.69, 9.17) is 5.41 Å². The first-order valence-electron chi connectivity index (χ1n) is 9.97. The van der Waals surface area contributed by atoms with E-state index in [-0.39, 0.29) is 24.0 Å². The predicted octanol–water partition coefficient (Wildman–Crippen LogP) is 3.22. The molecule has 0 amide bonds. The zero-order valence-corrected chi connectivity index (χ0v) is 16.7. The van der Waals surface area contributed by atoms with Crippen LogP contribution in [0, 0.1) is 11.2 Å². The highest BCUT2D eigenvalue weighted by Crippen LogP contribution is 2.31. The molecule has 2 aliphatic rings. The number of aromatic amines is 1. The number of nitrogens with zero attached hydrogens (tertiary/aromatic N) is 4. The fourth-order valence-corrected chi connectivity index (χ4v) is 4.07. The van der Waals surface area contributed by atoms with Gasteiger partial charge in [-0.1, -0.05) is 6.07 Å². The number of rotatable bonds is 3. The first kappa shape index (κ1) is 18.6. The summed E-state index contributed by atoms with van der Waals surface area (Å²) in [5, 5.41) is 19.1. The summed E-state index contributed by atoms with van der Waals surface area (Å²) in [7, 11) is 2.13. The molecule has 8 heteroatoms. The fourth-order valence-electron chi connectivity index (χ4n) is 4.07. The Labute approximate surface area is 173 Å². The molecule has 30 heavy (non-hydrogen) atoms. The molecular weight excluding hydrogens is 383 g/mol. The van der Waals surface area contributed by atoms with Crippen LogP contribution in [0.3, 0.4) is 0 Å². The van der Waals surface area contributed by atoms with Gasteiger partial charge in [0.15, 0.2) is 0 Å². The van der Waals surface area contributed by atoms with E-state index in [1.807, 2.05) is 6.07 Å². The van der Waals surface area contributed by atoms with E-state index in [9.17, 15) is 9.50 Å². The minimum Gasteiger partial charge on any atom is -0.509 e. The number of nitrogens with one attached hydrogen (secondary N) is 2. The van der Waals surface area contributed by atoms with Crippen molar-refractivity contribution in [2.24, 2.45) is 0 Å². The van der Waals surface area contributed by atoms with Crippen LogP contribution in [0.4, 0.5) is 15.8 Å². The topological polar surface area (TPSA) is 82.5 Å². The third-order valence-electron chi connectivity index (χ3n) is 5.79. The van der Waals surface area contributed by atoms with Crippen LogP contribution < -0.4 is 9.80 Å². The molecule has 3 aromatic rings. The molecular formula is C22H23FN6O. The number of imidazole rings is 1. The molecule has 0 spiro atoms. The van der Waals surface area contributed by atoms with E-state index in [2.05, 4.69) is 38.9 Å². The van der Waals surface area contributed by atoms with Crippen molar-refractivity contribution in [1.29, 1.82) is 5.41 Å². The Bertz CT molecular complexity index is 1160. The number of aliphatic hydroxyl groups is 1. The van der Waals surface area contributed by atoms with E-state index in [0.29, 0.717) is 17.1 Å². The lowest BCUT2D eigenvalue weighted by Gasteiger charge is -2.34. The lowest BCUT2D eigenvalue weighted by Crippen LogP contribution is -2.44. The molecule has 0 aliphatic carbocycles. The first-order valence-corrected chi connectivity index (χ1v) is 9.97. The molecule has 0 radical (unpaired) electrons. The highest BCUT2D eigenvalue weighted by Gasteiger charge is 2.31. The smallest absolute Gasteiger partial charge is 0.145 e. The Morgan fingerprint density at radius 3 is 2.63 bits per heavy atom. The third-order valence-corrected chi connectivity index (χ3v) is 5.79. The van der Waals surface area contributed by atoms with Gasteiger partial charge in [-0.25, -0.2) is 9.37 Å². The van der Waals surface area contributed by atoms with Gasteiger partial charge in [0, 0.05) is 37.6 Å². The highest BCUT2D eigenvalue weighted by atomic mass is 19.1. The van der Waals surface area contributed by atoms with Gasteiger partial charge in [-0.05, 0) is 43.4 Å². The molecule has 0 bridgehead atoms. The van der Waals surface area contributed by atoms with Crippen LogP contribution in [0.25, 0.3) is 16.6 Å². The summed E-state index contributed by atoms with van der Waals surface area (Å²) in [6, 6.07) is 12.1. The molecule has 0 saturated carbocycles. The van der Waals surface area contributed by atoms with Crippen LogP contribution in [0.1, 0.15) is 5.82 Å². The molecule has 3 heterocycles. The number of amidine groups is 1. The molecule has 0 atom stereocenters. The number of piperazine rings is 1. The SMILES string of the molecule is CN1CCN(c2ccc3nc(C4=C(O)CN(c5cccc(F)c5)C4=N)[nH]c3c2)CC1. The van der Waals surface area contributed by atoms with Crippen molar-refractivity contribution in [1.82, 2.24) is 14.9 Å². The Morgan fingerprint density at radius 1 is 1.07 bits per heavy atom. The third kappa shape index (κ3) is 3.19. The van der Waals surface area contributed by atoms with Gasteiger partial charge in [-0.2, -0.15) is 0 Å². The van der Waals surface area contributed by atoms with Crippen molar-refractivity contribution < 1.29 is 9.50 Å². The second kappa shape index (κ2) is 7.14. The van der Waals surface area contributed by atoms with Crippen LogP contribution in [-0.4, -0.2) is 65.6 Å². The minimum atomic E-state index is -0.381. The number of halogens is 1. The Balaban J connectivity index is 1.44. The molecule has 3 N–H and O–H groups in total. The van der Waals surface area contributed by atoms with Gasteiger partial charge in [0.1, 0.15) is 23.2 Å². The van der Waals surface area contributed by atoms with Gasteiger partial charge in [-0.3, -0.25) is 5.41 Å². The number of anilines is 2. The normalized spacial score (nSPS) is 18.1. The second-order valence-corrected chi connectivity index (χ2v) is 7.81. The number of benzene rings is 2. The molecule has 7 nitrogen and oxygen atoms in total. The van der Waals surface area contributed by atoms with Crippen LogP contribution in [0.5, 0.6) is 0 Å². The molecule has 1 fully saturated rings. The highest BCUT2D eigenvalue weighted by molar-refractivity contribution is 6.30. The van der Waals surface area contributed by atoms with Crippen LogP contribution in [-0.2, 0) is 0 Å². The lowest BCUT2D eigenvalue weighted by molar-refractivity contribution is 0.313. The van der Waals surface area contributed by atoms with Crippen molar-refractivity contribution in [3.05, 3.63) is 59.9 Å². The summed E-state index contributed by atoms with van der Waals surface area (Å²) in [6.45, 7) is 4.12. The van der Waals surface area contributed by atoms with Crippen LogP contribution in [0.2, 0.25) is 0 Å². The van der Waals surface area contributed by atoms with Gasteiger partial charge >= 0.3 is 0 Å². The molecule has 5 rings (SSSR count). The number of hydrogen-bond donors (Lipinski definition) is 3. The summed E-state index contributed by atoms with van der Waals surface area (Å²) in [6.07, 6.45) is 0. The first-order chi connectivity index (χ1) is 14.5. The second-order valence-electron chi connectivity index (χ2n) is 7.81. The van der Waals surface area contributed by atoms with Crippen molar-refractivity contribution in [3.8, 4) is 0 Å². The van der Waals surface area contributed by atoms with Crippen molar-refractivity contribution in [2.45, 2.75) is 0 Å². The number of hydrogen-bond acceptors (Lipinski definition) is 5. The largest absolute Gasteiger partial charge is 0.509 e. The average molecular weight is 406 g/mol. The summed E-state index contributed by atoms with van der Waals surface area (Å²) < 4.78 is 13.6. The summed E-state index contributed by atoms with van der Waals surface area (Å²) in [4.78, 5) is 14.1. The number of H-pyrrole nitrogens is 1. The van der Waals surface area contributed by atoms with Crippen molar-refractivity contribution in [2.75, 3.05) is 49.6 Å². The van der Waals surface area contributed by atoms with E-state index in [1.165, 1.54) is 12.1 Å². The van der Waals surface area contributed by atoms with Gasteiger partial charge in [0.25, 0.3) is 0 Å². The zero-order chi connectivity index (χ0) is 20.8. The molecule has 1 saturated heterocycles. The van der Waals surface area contributed by atoms with E-state index < -0.39 is 0 Å². The van der Waals surface area contributed by atoms with Gasteiger partial charge in [0.05, 0.1) is 23.2 Å². The standard InChI is InChI=1S/C22H23FN6O/c1-27-7-9-28(10-8-27)15-5-6-17-18(12-15)26-22(25-17)20-19(30)13-29(21(20)24)16-4-2-3-14(23)11-16/h2-6,11-12,24,30H,7-10,13H2,1H3,(H,25,26). The Kier molecular flexibility index (Phi) is 4.43. The van der Waals surface area contributed by atoms with Crippen LogP contribution in [0.15, 0.2) is 48.2 Å². The monoisotopic (exact) mass is 406 g/mol. The average Bonchev–Trinajstić information content (AvgIpc) is 3.27. The lowest BCUT2D eigenvalue weighted by atomic mass is 10.2. The number of fused-ring (bicyclic) bond motifs is 1. The zero-order valence-electron chi connectivity index (χ0n) is 16.7. The summed E-state index contributed by atoms with van der Waals surface area (Å²) in [5.74, 6) is 0.203. The molecule has 0 unspecified atom stereocenters. The van der Waals surface area contributed by atoms with Crippen molar-refractivity contribution in [3.63, 3.8) is 0 Å². The summed E-state index contributed by atoms with van der Waals surface area (Å²) in [5.41, 5.74) is 3.64. The van der Waals surface area contributed by atoms with E-state index in [0.717, 1.165) is 42.9 Å². The van der Waals surface area contributed by atoms with Gasteiger partial charge in [0.2, 0.25) is 0 Å². The van der Waals surface area contributed by atoms with E-state index >= 15 is 0 Å². The van der Waals surface area contributed by atoms with Crippen molar-refractivity contribution >= 4 is 33.8 Å². The number of aliphatic hydroxyl groups excluding tert-OH is 1. The Morgan fingerprint density at radius 2 is 1.87 bits per heavy atom. The fraction of sp³-hybridized carbons (Fsp3) is 0.273. The maximum absolute atomic E-state index is 13.6. The van der Waals surface area contributed by atoms with E-state index in [1.54, 1.807) is 17.0 Å². The molecule has 154 valence electrons. The van der Waals surface area contributed by atoms with Crippen LogP contribution >= 0.6 is 0 Å².